The quantitative estimate of drug-likeness (QED) is 0.832. The number of halogens is 1. The molecular formula is C13H18ClNO2. The van der Waals surface area contributed by atoms with E-state index in [-0.39, 0.29) is 24.2 Å². The highest BCUT2D eigenvalue weighted by Gasteiger charge is 2.40. The van der Waals surface area contributed by atoms with Gasteiger partial charge in [0.05, 0.1) is 0 Å². The monoisotopic (exact) mass is 255 g/mol. The van der Waals surface area contributed by atoms with Crippen molar-refractivity contribution in [2.45, 2.75) is 25.0 Å². The van der Waals surface area contributed by atoms with E-state index in [1.54, 1.807) is 6.92 Å². The number of ketones is 1. The SMILES string of the molecule is CN1C[C@](C)(O)C(=O)C[C@H]1c1ccccc1.Cl. The average molecular weight is 256 g/mol. The van der Waals surface area contributed by atoms with Gasteiger partial charge in [0.2, 0.25) is 0 Å². The van der Waals surface area contributed by atoms with E-state index >= 15 is 0 Å². The summed E-state index contributed by atoms with van der Waals surface area (Å²) < 4.78 is 0. The topological polar surface area (TPSA) is 40.5 Å². The van der Waals surface area contributed by atoms with Crippen LogP contribution < -0.4 is 0 Å². The lowest BCUT2D eigenvalue weighted by atomic mass is 9.86. The summed E-state index contributed by atoms with van der Waals surface area (Å²) in [7, 11) is 1.94. The maximum atomic E-state index is 11.8. The number of likely N-dealkylation sites (N-methyl/N-ethyl adjacent to an activating group) is 1. The van der Waals surface area contributed by atoms with Crippen molar-refractivity contribution < 1.29 is 9.90 Å². The first-order valence-electron chi connectivity index (χ1n) is 5.51. The molecule has 0 radical (unpaired) electrons. The van der Waals surface area contributed by atoms with Crippen LogP contribution in [0.5, 0.6) is 0 Å². The van der Waals surface area contributed by atoms with Gasteiger partial charge in [0, 0.05) is 19.0 Å². The Kier molecular flexibility index (Phi) is 4.31. The second-order valence-corrected chi connectivity index (χ2v) is 4.74. The van der Waals surface area contributed by atoms with Crippen LogP contribution in [0.15, 0.2) is 30.3 Å². The third kappa shape index (κ3) is 2.86. The predicted molar refractivity (Wildman–Crippen MR) is 69.3 cm³/mol. The maximum absolute atomic E-state index is 11.8. The molecule has 1 heterocycles. The number of hydrogen-bond donors (Lipinski definition) is 1. The molecule has 1 N–H and O–H groups in total. The normalized spacial score (nSPS) is 29.8. The van der Waals surface area contributed by atoms with Gasteiger partial charge in [-0.15, -0.1) is 12.4 Å². The van der Waals surface area contributed by atoms with Crippen LogP contribution in [0.3, 0.4) is 0 Å². The van der Waals surface area contributed by atoms with Crippen LogP contribution in [0, 0.1) is 0 Å². The van der Waals surface area contributed by atoms with Crippen LogP contribution in [-0.2, 0) is 4.79 Å². The minimum atomic E-state index is -1.19. The second kappa shape index (κ2) is 5.17. The van der Waals surface area contributed by atoms with Crippen LogP contribution in [0.4, 0.5) is 0 Å². The molecule has 0 unspecified atom stereocenters. The number of likely N-dealkylation sites (tertiary alicyclic amines) is 1. The van der Waals surface area contributed by atoms with Gasteiger partial charge >= 0.3 is 0 Å². The minimum absolute atomic E-state index is 0. The number of rotatable bonds is 1. The fourth-order valence-electron chi connectivity index (χ4n) is 2.28. The molecule has 17 heavy (non-hydrogen) atoms. The van der Waals surface area contributed by atoms with E-state index in [0.29, 0.717) is 13.0 Å². The standard InChI is InChI=1S/C13H17NO2.ClH/c1-13(16)9-14(2)11(8-12(13)15)10-6-4-3-5-7-10;/h3-7,11,16H,8-9H2,1-2H3;1H/t11-,13-;/m0./s1. The zero-order valence-corrected chi connectivity index (χ0v) is 10.9. The Morgan fingerprint density at radius 3 is 2.53 bits per heavy atom. The van der Waals surface area contributed by atoms with Crippen LogP contribution in [-0.4, -0.2) is 35.0 Å². The van der Waals surface area contributed by atoms with Crippen LogP contribution in [0.2, 0.25) is 0 Å². The Balaban J connectivity index is 0.00000144. The summed E-state index contributed by atoms with van der Waals surface area (Å²) >= 11 is 0. The van der Waals surface area contributed by atoms with Gasteiger partial charge in [0.25, 0.3) is 0 Å². The van der Waals surface area contributed by atoms with Gasteiger partial charge in [0.1, 0.15) is 5.60 Å². The molecule has 1 aliphatic heterocycles. The van der Waals surface area contributed by atoms with E-state index in [1.165, 1.54) is 0 Å². The summed E-state index contributed by atoms with van der Waals surface area (Å²) in [5.74, 6) is -0.0700. The molecule has 1 aromatic rings. The molecule has 2 rings (SSSR count). The number of benzene rings is 1. The maximum Gasteiger partial charge on any atom is 0.167 e. The van der Waals surface area contributed by atoms with E-state index in [4.69, 9.17) is 0 Å². The molecule has 0 saturated carbocycles. The van der Waals surface area contributed by atoms with Crippen molar-refractivity contribution in [3.8, 4) is 0 Å². The second-order valence-electron chi connectivity index (χ2n) is 4.74. The number of hydrogen-bond acceptors (Lipinski definition) is 3. The molecule has 1 aliphatic rings. The lowest BCUT2D eigenvalue weighted by Crippen LogP contribution is -2.52. The zero-order chi connectivity index (χ0) is 11.8. The summed E-state index contributed by atoms with van der Waals surface area (Å²) in [4.78, 5) is 13.8. The van der Waals surface area contributed by atoms with Crippen molar-refractivity contribution in [2.24, 2.45) is 0 Å². The van der Waals surface area contributed by atoms with Crippen LogP contribution in [0.1, 0.15) is 24.9 Å². The molecule has 0 aromatic heterocycles. The molecule has 0 spiro atoms. The molecule has 0 bridgehead atoms. The zero-order valence-electron chi connectivity index (χ0n) is 10.1. The van der Waals surface area contributed by atoms with E-state index in [2.05, 4.69) is 0 Å². The van der Waals surface area contributed by atoms with Gasteiger partial charge in [-0.25, -0.2) is 0 Å². The molecule has 0 amide bonds. The lowest BCUT2D eigenvalue weighted by molar-refractivity contribution is -0.144. The molecule has 1 fully saturated rings. The van der Waals surface area contributed by atoms with E-state index in [9.17, 15) is 9.90 Å². The summed E-state index contributed by atoms with van der Waals surface area (Å²) in [6.07, 6.45) is 0.382. The number of Topliss-reactive ketones (excluding diaryl/α,β-unsaturated/α-hetero) is 1. The molecule has 3 nitrogen and oxygen atoms in total. The van der Waals surface area contributed by atoms with E-state index < -0.39 is 5.60 Å². The highest BCUT2D eigenvalue weighted by atomic mass is 35.5. The van der Waals surface area contributed by atoms with Crippen molar-refractivity contribution in [1.29, 1.82) is 0 Å². The van der Waals surface area contributed by atoms with Gasteiger partial charge in [-0.1, -0.05) is 30.3 Å². The predicted octanol–water partition coefficient (Wildman–Crippen LogP) is 1.81. The van der Waals surface area contributed by atoms with Crippen LogP contribution >= 0.6 is 12.4 Å². The number of carbonyl (C=O) groups is 1. The third-order valence-electron chi connectivity index (χ3n) is 3.25. The molecule has 2 atom stereocenters. The number of aliphatic hydroxyl groups is 1. The molecule has 0 aliphatic carbocycles. The van der Waals surface area contributed by atoms with Gasteiger partial charge in [-0.2, -0.15) is 0 Å². The summed E-state index contributed by atoms with van der Waals surface area (Å²) in [5, 5.41) is 9.89. The molecule has 1 saturated heterocycles. The fourth-order valence-corrected chi connectivity index (χ4v) is 2.28. The van der Waals surface area contributed by atoms with E-state index in [1.807, 2.05) is 42.3 Å². The Labute approximate surface area is 108 Å². The minimum Gasteiger partial charge on any atom is -0.381 e. The van der Waals surface area contributed by atoms with Gasteiger partial charge in [-0.3, -0.25) is 9.69 Å². The number of carbonyl (C=O) groups excluding carboxylic acids is 1. The molecule has 94 valence electrons. The van der Waals surface area contributed by atoms with Crippen molar-refractivity contribution in [1.82, 2.24) is 4.90 Å². The number of nitrogens with zero attached hydrogens (tertiary/aromatic N) is 1. The molecule has 1 aromatic carbocycles. The van der Waals surface area contributed by atoms with Gasteiger partial charge < -0.3 is 5.11 Å². The molecule has 4 heteroatoms. The highest BCUT2D eigenvalue weighted by Crippen LogP contribution is 2.31. The fraction of sp³-hybridized carbons (Fsp3) is 0.462. The summed E-state index contributed by atoms with van der Waals surface area (Å²) in [6.45, 7) is 1.98. The molecular weight excluding hydrogens is 238 g/mol. The van der Waals surface area contributed by atoms with Crippen molar-refractivity contribution in [3.05, 3.63) is 35.9 Å². The smallest absolute Gasteiger partial charge is 0.167 e. The Hall–Kier alpha value is -0.900. The third-order valence-corrected chi connectivity index (χ3v) is 3.25. The first-order valence-corrected chi connectivity index (χ1v) is 5.51. The largest absolute Gasteiger partial charge is 0.381 e. The Morgan fingerprint density at radius 2 is 1.94 bits per heavy atom. The summed E-state index contributed by atoms with van der Waals surface area (Å²) in [5.41, 5.74) is -0.0612. The average Bonchev–Trinajstić information content (AvgIpc) is 2.24. The van der Waals surface area contributed by atoms with Crippen molar-refractivity contribution in [3.63, 3.8) is 0 Å². The van der Waals surface area contributed by atoms with Gasteiger partial charge in [0.15, 0.2) is 5.78 Å². The Bertz CT molecular complexity index is 392. The first-order chi connectivity index (χ1) is 7.50. The van der Waals surface area contributed by atoms with Crippen molar-refractivity contribution in [2.75, 3.05) is 13.6 Å². The van der Waals surface area contributed by atoms with Crippen LogP contribution in [0.25, 0.3) is 0 Å². The lowest BCUT2D eigenvalue weighted by Gasteiger charge is -2.39. The number of β-amino-alcohol motifs (C(OH)–C–C–N with tert-alkyl or cyclic N) is 1. The first kappa shape index (κ1) is 14.2. The summed E-state index contributed by atoms with van der Waals surface area (Å²) in [6, 6.07) is 10.0. The van der Waals surface area contributed by atoms with Gasteiger partial charge in [-0.05, 0) is 19.5 Å². The number of piperidine rings is 1. The Morgan fingerprint density at radius 1 is 1.35 bits per heavy atom. The van der Waals surface area contributed by atoms with Crippen molar-refractivity contribution >= 4 is 18.2 Å². The highest BCUT2D eigenvalue weighted by molar-refractivity contribution is 5.88. The van der Waals surface area contributed by atoms with E-state index in [0.717, 1.165) is 5.56 Å².